The van der Waals surface area contributed by atoms with Gasteiger partial charge in [0.05, 0.1) is 0 Å². The molecule has 120 valence electrons. The molecule has 1 atom stereocenters. The van der Waals surface area contributed by atoms with Gasteiger partial charge in [-0.1, -0.05) is 30.3 Å². The molecule has 1 N–H and O–H groups in total. The fraction of sp³-hybridized carbons (Fsp3) is 0.316. The smallest absolute Gasteiger partial charge is 0.244 e. The molecule has 0 bridgehead atoms. The van der Waals surface area contributed by atoms with E-state index in [0.717, 1.165) is 24.4 Å². The summed E-state index contributed by atoms with van der Waals surface area (Å²) in [5.41, 5.74) is 2.87. The molecule has 1 amide bonds. The highest BCUT2D eigenvalue weighted by Crippen LogP contribution is 2.19. The molecule has 2 heterocycles. The number of nitrogens with zero attached hydrogens (tertiary/aromatic N) is 1. The van der Waals surface area contributed by atoms with Gasteiger partial charge in [0.2, 0.25) is 5.91 Å². The van der Waals surface area contributed by atoms with E-state index in [1.54, 1.807) is 17.4 Å². The second-order valence-electron chi connectivity index (χ2n) is 5.93. The zero-order valence-electron chi connectivity index (χ0n) is 13.4. The quantitative estimate of drug-likeness (QED) is 0.855. The van der Waals surface area contributed by atoms with Crippen LogP contribution in [0.3, 0.4) is 0 Å². The number of fused-ring (bicyclic) bond motifs is 1. The van der Waals surface area contributed by atoms with E-state index in [4.69, 9.17) is 0 Å². The molecule has 1 aromatic heterocycles. The average molecular weight is 326 g/mol. The molecule has 3 rings (SSSR count). The first-order valence-corrected chi connectivity index (χ1v) is 8.90. The van der Waals surface area contributed by atoms with Crippen molar-refractivity contribution in [1.82, 2.24) is 10.2 Å². The summed E-state index contributed by atoms with van der Waals surface area (Å²) >= 11 is 1.63. The molecule has 1 aliphatic rings. The Morgan fingerprint density at radius 2 is 2.13 bits per heavy atom. The second-order valence-corrected chi connectivity index (χ2v) is 6.91. The van der Waals surface area contributed by atoms with E-state index in [9.17, 15) is 4.79 Å². The minimum atomic E-state index is -0.0253. The maximum atomic E-state index is 11.9. The fourth-order valence-electron chi connectivity index (χ4n) is 2.87. The van der Waals surface area contributed by atoms with E-state index >= 15 is 0 Å². The van der Waals surface area contributed by atoms with Gasteiger partial charge in [-0.15, -0.1) is 11.3 Å². The number of amides is 1. The number of rotatable bonds is 5. The average Bonchev–Trinajstić information content (AvgIpc) is 3.11. The van der Waals surface area contributed by atoms with E-state index in [1.807, 2.05) is 23.6 Å². The number of hydrogen-bond donors (Lipinski definition) is 1. The SMILES string of the molecule is CC(CNC(=O)/C=C/c1cccs1)N1CCc2ccccc2C1. The van der Waals surface area contributed by atoms with Gasteiger partial charge in [0.15, 0.2) is 0 Å². The van der Waals surface area contributed by atoms with Crippen molar-refractivity contribution in [2.75, 3.05) is 13.1 Å². The maximum Gasteiger partial charge on any atom is 0.244 e. The van der Waals surface area contributed by atoms with Crippen LogP contribution in [0.15, 0.2) is 47.9 Å². The topological polar surface area (TPSA) is 32.3 Å². The summed E-state index contributed by atoms with van der Waals surface area (Å²) < 4.78 is 0. The Hall–Kier alpha value is -1.91. The first-order chi connectivity index (χ1) is 11.2. The lowest BCUT2D eigenvalue weighted by Gasteiger charge is -2.33. The van der Waals surface area contributed by atoms with Crippen LogP contribution in [0.25, 0.3) is 6.08 Å². The van der Waals surface area contributed by atoms with Crippen LogP contribution in [0.4, 0.5) is 0 Å². The molecular weight excluding hydrogens is 304 g/mol. The summed E-state index contributed by atoms with van der Waals surface area (Å²) in [5.74, 6) is -0.0253. The van der Waals surface area contributed by atoms with Crippen LogP contribution < -0.4 is 5.32 Å². The van der Waals surface area contributed by atoms with Crippen LogP contribution in [0.2, 0.25) is 0 Å². The summed E-state index contributed by atoms with van der Waals surface area (Å²) in [5, 5.41) is 5.01. The molecule has 3 nitrogen and oxygen atoms in total. The summed E-state index contributed by atoms with van der Waals surface area (Å²) in [7, 11) is 0. The molecule has 1 aromatic carbocycles. The van der Waals surface area contributed by atoms with E-state index in [2.05, 4.69) is 41.4 Å². The lowest BCUT2D eigenvalue weighted by atomic mass is 9.99. The third-order valence-corrected chi connectivity index (χ3v) is 5.13. The molecule has 2 aromatic rings. The molecule has 1 unspecified atom stereocenters. The Balaban J connectivity index is 1.48. The summed E-state index contributed by atoms with van der Waals surface area (Å²) in [6.45, 7) is 4.88. The zero-order valence-corrected chi connectivity index (χ0v) is 14.2. The molecule has 0 saturated carbocycles. The van der Waals surface area contributed by atoms with Crippen molar-refractivity contribution >= 4 is 23.3 Å². The van der Waals surface area contributed by atoms with Crippen LogP contribution >= 0.6 is 11.3 Å². The van der Waals surface area contributed by atoms with Gasteiger partial charge in [0, 0.05) is 36.6 Å². The zero-order chi connectivity index (χ0) is 16.1. The van der Waals surface area contributed by atoms with Crippen molar-refractivity contribution in [2.45, 2.75) is 25.9 Å². The minimum absolute atomic E-state index is 0.0253. The van der Waals surface area contributed by atoms with Gasteiger partial charge in [0.1, 0.15) is 0 Å². The molecule has 23 heavy (non-hydrogen) atoms. The number of nitrogens with one attached hydrogen (secondary N) is 1. The molecule has 0 aliphatic carbocycles. The van der Waals surface area contributed by atoms with Gasteiger partial charge >= 0.3 is 0 Å². The van der Waals surface area contributed by atoms with Crippen molar-refractivity contribution in [3.05, 3.63) is 63.9 Å². The van der Waals surface area contributed by atoms with E-state index in [0.29, 0.717) is 12.6 Å². The number of carbonyl (C=O) groups is 1. The molecule has 4 heteroatoms. The lowest BCUT2D eigenvalue weighted by Crippen LogP contribution is -2.44. The van der Waals surface area contributed by atoms with Gasteiger partial charge < -0.3 is 5.32 Å². The third-order valence-electron chi connectivity index (χ3n) is 4.30. The van der Waals surface area contributed by atoms with Gasteiger partial charge in [-0.05, 0) is 42.0 Å². The van der Waals surface area contributed by atoms with Crippen LogP contribution in [-0.4, -0.2) is 29.9 Å². The number of carbonyl (C=O) groups excluding carboxylic acids is 1. The fourth-order valence-corrected chi connectivity index (χ4v) is 3.49. The molecule has 0 radical (unpaired) electrons. The standard InChI is InChI=1S/C19H22N2OS/c1-15(13-20-19(22)9-8-18-7-4-12-23-18)21-11-10-16-5-2-3-6-17(16)14-21/h2-9,12,15H,10-11,13-14H2,1H3,(H,20,22)/b9-8+. The summed E-state index contributed by atoms with van der Waals surface area (Å²) in [4.78, 5) is 15.4. The van der Waals surface area contributed by atoms with Gasteiger partial charge in [-0.25, -0.2) is 0 Å². The van der Waals surface area contributed by atoms with Crippen LogP contribution in [0.5, 0.6) is 0 Å². The van der Waals surface area contributed by atoms with Gasteiger partial charge in [-0.3, -0.25) is 9.69 Å². The molecule has 0 saturated heterocycles. The van der Waals surface area contributed by atoms with E-state index in [-0.39, 0.29) is 5.91 Å². The Kier molecular flexibility index (Phi) is 5.26. The van der Waals surface area contributed by atoms with Gasteiger partial charge in [0.25, 0.3) is 0 Å². The minimum Gasteiger partial charge on any atom is -0.351 e. The Labute approximate surface area is 141 Å². The highest BCUT2D eigenvalue weighted by atomic mass is 32.1. The second kappa shape index (κ2) is 7.57. The first kappa shape index (κ1) is 16.0. The predicted molar refractivity (Wildman–Crippen MR) is 96.4 cm³/mol. The van der Waals surface area contributed by atoms with Crippen molar-refractivity contribution < 1.29 is 4.79 Å². The third kappa shape index (κ3) is 4.30. The summed E-state index contributed by atoms with van der Waals surface area (Å²) in [6, 6.07) is 13.0. The van der Waals surface area contributed by atoms with Crippen molar-refractivity contribution in [3.8, 4) is 0 Å². The van der Waals surface area contributed by atoms with E-state index < -0.39 is 0 Å². The highest BCUT2D eigenvalue weighted by Gasteiger charge is 2.20. The molecule has 0 fully saturated rings. The van der Waals surface area contributed by atoms with Crippen molar-refractivity contribution in [1.29, 1.82) is 0 Å². The Morgan fingerprint density at radius 3 is 2.91 bits per heavy atom. The highest BCUT2D eigenvalue weighted by molar-refractivity contribution is 7.10. The number of thiophene rings is 1. The van der Waals surface area contributed by atoms with Crippen LogP contribution in [0.1, 0.15) is 22.9 Å². The van der Waals surface area contributed by atoms with Crippen molar-refractivity contribution in [2.24, 2.45) is 0 Å². The first-order valence-electron chi connectivity index (χ1n) is 8.02. The van der Waals surface area contributed by atoms with Gasteiger partial charge in [-0.2, -0.15) is 0 Å². The lowest BCUT2D eigenvalue weighted by molar-refractivity contribution is -0.116. The largest absolute Gasteiger partial charge is 0.351 e. The number of benzene rings is 1. The normalized spacial score (nSPS) is 16.2. The van der Waals surface area contributed by atoms with Crippen LogP contribution in [0, 0.1) is 0 Å². The Bertz CT molecular complexity index is 678. The maximum absolute atomic E-state index is 11.9. The van der Waals surface area contributed by atoms with E-state index in [1.165, 1.54) is 11.1 Å². The number of hydrogen-bond acceptors (Lipinski definition) is 3. The predicted octanol–water partition coefficient (Wildman–Crippen LogP) is 3.32. The Morgan fingerprint density at radius 1 is 1.30 bits per heavy atom. The monoisotopic (exact) mass is 326 g/mol. The van der Waals surface area contributed by atoms with Crippen LogP contribution in [-0.2, 0) is 17.8 Å². The summed E-state index contributed by atoms with van der Waals surface area (Å²) in [6.07, 6.45) is 4.57. The molecule has 1 aliphatic heterocycles. The molecular formula is C19H22N2OS. The van der Waals surface area contributed by atoms with Crippen molar-refractivity contribution in [3.63, 3.8) is 0 Å². The molecule has 0 spiro atoms.